The second-order valence-electron chi connectivity index (χ2n) is 1.58. The number of carboxylic acids is 1. The van der Waals surface area contributed by atoms with Gasteiger partial charge in [0, 0.05) is 0 Å². The minimum Gasteiger partial charge on any atom is -0.480 e. The molecule has 8 heavy (non-hydrogen) atoms. The lowest BCUT2D eigenvalue weighted by Crippen LogP contribution is -2.24. The van der Waals surface area contributed by atoms with Crippen molar-refractivity contribution in [1.82, 2.24) is 0 Å². The van der Waals surface area contributed by atoms with Crippen LogP contribution in [0.15, 0.2) is 12.7 Å². The zero-order valence-electron chi connectivity index (χ0n) is 4.52. The van der Waals surface area contributed by atoms with E-state index in [1.807, 2.05) is 0 Å². The Labute approximate surface area is 56.3 Å². The molecule has 0 aromatic rings. The van der Waals surface area contributed by atoms with Gasteiger partial charge in [-0.05, 0) is 6.92 Å². The molecule has 0 aromatic carbocycles. The minimum atomic E-state index is -0.965. The predicted octanol–water partition coefficient (Wildman–Crippen LogP) is 1.41. The van der Waals surface area contributed by atoms with Gasteiger partial charge < -0.3 is 5.11 Å². The third kappa shape index (κ3) is 1.66. The molecule has 0 bridgehead atoms. The lowest BCUT2D eigenvalue weighted by molar-refractivity contribution is -0.137. The predicted molar refractivity (Wildman–Crippen MR) is 35.2 cm³/mol. The Morgan fingerprint density at radius 1 is 2.00 bits per heavy atom. The molecule has 0 aliphatic heterocycles. The van der Waals surface area contributed by atoms with Crippen LogP contribution in [-0.4, -0.2) is 15.4 Å². The van der Waals surface area contributed by atoms with Crippen LogP contribution in [0, 0.1) is 0 Å². The zero-order valence-corrected chi connectivity index (χ0v) is 6.10. The van der Waals surface area contributed by atoms with Crippen molar-refractivity contribution < 1.29 is 9.90 Å². The molecule has 3 heteroatoms. The van der Waals surface area contributed by atoms with Gasteiger partial charge in [0.2, 0.25) is 0 Å². The first-order valence-corrected chi connectivity index (χ1v) is 2.86. The number of hydrogen-bond donors (Lipinski definition) is 1. The summed E-state index contributed by atoms with van der Waals surface area (Å²) in [7, 11) is 0. The number of aliphatic carboxylic acids is 1. The van der Waals surface area contributed by atoms with Crippen LogP contribution < -0.4 is 0 Å². The van der Waals surface area contributed by atoms with Gasteiger partial charge in [-0.2, -0.15) is 0 Å². The fourth-order valence-corrected chi connectivity index (χ4v) is 0.0873. The van der Waals surface area contributed by atoms with Crippen LogP contribution in [0.4, 0.5) is 0 Å². The highest BCUT2D eigenvalue weighted by atomic mass is 79.9. The van der Waals surface area contributed by atoms with Crippen molar-refractivity contribution in [2.45, 2.75) is 11.2 Å². The summed E-state index contributed by atoms with van der Waals surface area (Å²) in [5, 5.41) is 8.32. The molecule has 0 saturated heterocycles. The summed E-state index contributed by atoms with van der Waals surface area (Å²) in [4.78, 5) is 10.1. The molecule has 2 nitrogen and oxygen atoms in total. The van der Waals surface area contributed by atoms with E-state index in [0.717, 1.165) is 0 Å². The van der Waals surface area contributed by atoms with E-state index in [1.165, 1.54) is 13.0 Å². The molecule has 0 amide bonds. The van der Waals surface area contributed by atoms with Gasteiger partial charge in [-0.15, -0.1) is 6.58 Å². The number of rotatable bonds is 2. The van der Waals surface area contributed by atoms with Gasteiger partial charge >= 0.3 is 5.97 Å². The molecule has 0 aliphatic carbocycles. The quantitative estimate of drug-likeness (QED) is 0.513. The van der Waals surface area contributed by atoms with Crippen LogP contribution in [0.1, 0.15) is 6.92 Å². The van der Waals surface area contributed by atoms with E-state index in [2.05, 4.69) is 22.5 Å². The van der Waals surface area contributed by atoms with Crippen LogP contribution in [0.3, 0.4) is 0 Å². The van der Waals surface area contributed by atoms with Gasteiger partial charge in [0.25, 0.3) is 0 Å². The largest absolute Gasteiger partial charge is 0.480 e. The first kappa shape index (κ1) is 7.69. The molecular formula is C5H7BrO2. The van der Waals surface area contributed by atoms with E-state index in [9.17, 15) is 4.79 Å². The number of carboxylic acid groups (broad SMARTS) is 1. The third-order valence-corrected chi connectivity index (χ3v) is 1.46. The zero-order chi connectivity index (χ0) is 6.78. The van der Waals surface area contributed by atoms with Crippen LogP contribution >= 0.6 is 15.9 Å². The lowest BCUT2D eigenvalue weighted by atomic mass is 10.2. The maximum Gasteiger partial charge on any atom is 0.324 e. The summed E-state index contributed by atoms with van der Waals surface area (Å²) in [6.45, 7) is 4.84. The molecule has 0 saturated carbocycles. The minimum absolute atomic E-state index is 0.924. The number of alkyl halides is 1. The van der Waals surface area contributed by atoms with Crippen molar-refractivity contribution in [3.8, 4) is 0 Å². The van der Waals surface area contributed by atoms with E-state index >= 15 is 0 Å². The van der Waals surface area contributed by atoms with Crippen LogP contribution in [0.2, 0.25) is 0 Å². The number of hydrogen-bond acceptors (Lipinski definition) is 1. The highest BCUT2D eigenvalue weighted by molar-refractivity contribution is 9.10. The van der Waals surface area contributed by atoms with Crippen molar-refractivity contribution in [3.05, 3.63) is 12.7 Å². The molecule has 1 unspecified atom stereocenters. The van der Waals surface area contributed by atoms with Crippen molar-refractivity contribution in [2.24, 2.45) is 0 Å². The molecule has 1 N–H and O–H groups in total. The van der Waals surface area contributed by atoms with Crippen molar-refractivity contribution in [3.63, 3.8) is 0 Å². The first-order chi connectivity index (χ1) is 3.50. The Morgan fingerprint density at radius 3 is 2.38 bits per heavy atom. The molecule has 0 fully saturated rings. The van der Waals surface area contributed by atoms with Gasteiger partial charge in [0.05, 0.1) is 0 Å². The first-order valence-electron chi connectivity index (χ1n) is 2.06. The monoisotopic (exact) mass is 178 g/mol. The summed E-state index contributed by atoms with van der Waals surface area (Å²) in [5.41, 5.74) is 0. The molecule has 0 spiro atoms. The van der Waals surface area contributed by atoms with Crippen molar-refractivity contribution in [2.75, 3.05) is 0 Å². The Morgan fingerprint density at radius 2 is 2.38 bits per heavy atom. The van der Waals surface area contributed by atoms with Gasteiger partial charge in [-0.3, -0.25) is 4.79 Å². The van der Waals surface area contributed by atoms with Crippen LogP contribution in [0.5, 0.6) is 0 Å². The summed E-state index contributed by atoms with van der Waals surface area (Å²) in [6, 6.07) is 0. The van der Waals surface area contributed by atoms with Gasteiger partial charge in [0.1, 0.15) is 4.32 Å². The molecular weight excluding hydrogens is 172 g/mol. The topological polar surface area (TPSA) is 37.3 Å². The maximum atomic E-state index is 10.1. The second kappa shape index (κ2) is 2.31. The summed E-state index contributed by atoms with van der Waals surface area (Å²) >= 11 is 2.93. The smallest absolute Gasteiger partial charge is 0.324 e. The Balaban J connectivity index is 4.12. The van der Waals surface area contributed by atoms with Crippen LogP contribution in [-0.2, 0) is 4.79 Å². The van der Waals surface area contributed by atoms with Crippen molar-refractivity contribution >= 4 is 21.9 Å². The van der Waals surface area contributed by atoms with E-state index < -0.39 is 10.3 Å². The second-order valence-corrected chi connectivity index (χ2v) is 3.23. The lowest BCUT2D eigenvalue weighted by Gasteiger charge is -2.08. The fourth-order valence-electron chi connectivity index (χ4n) is 0.0873. The van der Waals surface area contributed by atoms with E-state index in [1.54, 1.807) is 0 Å². The van der Waals surface area contributed by atoms with E-state index in [0.29, 0.717) is 0 Å². The SMILES string of the molecule is C=CC(C)(Br)C(=O)O. The van der Waals surface area contributed by atoms with Crippen molar-refractivity contribution in [1.29, 1.82) is 0 Å². The molecule has 0 heterocycles. The summed E-state index contributed by atoms with van der Waals surface area (Å²) in [5.74, 6) is -0.924. The standard InChI is InChI=1S/C5H7BrO2/c1-3-5(2,6)4(7)8/h3H,1H2,2H3,(H,7,8). The fraction of sp³-hybridized carbons (Fsp3) is 0.400. The van der Waals surface area contributed by atoms with Gasteiger partial charge in [-0.1, -0.05) is 22.0 Å². The van der Waals surface area contributed by atoms with E-state index in [4.69, 9.17) is 5.11 Å². The maximum absolute atomic E-state index is 10.1. The Kier molecular flexibility index (Phi) is 2.22. The van der Waals surface area contributed by atoms with Gasteiger partial charge in [0.15, 0.2) is 0 Å². The summed E-state index contributed by atoms with van der Waals surface area (Å²) in [6.07, 6.45) is 1.33. The molecule has 0 radical (unpaired) electrons. The number of carbonyl (C=O) groups is 1. The van der Waals surface area contributed by atoms with E-state index in [-0.39, 0.29) is 0 Å². The molecule has 0 rings (SSSR count). The molecule has 0 aromatic heterocycles. The molecule has 46 valence electrons. The molecule has 1 atom stereocenters. The van der Waals surface area contributed by atoms with Crippen LogP contribution in [0.25, 0.3) is 0 Å². The summed E-state index contributed by atoms with van der Waals surface area (Å²) < 4.78 is -0.965. The van der Waals surface area contributed by atoms with Gasteiger partial charge in [-0.25, -0.2) is 0 Å². The Bertz CT molecular complexity index is 118. The number of halogens is 1. The normalized spacial score (nSPS) is 16.8. The highest BCUT2D eigenvalue weighted by Gasteiger charge is 2.24. The Hall–Kier alpha value is -0.310. The average Bonchev–Trinajstić information content (AvgIpc) is 1.67. The third-order valence-electron chi connectivity index (χ3n) is 0.802. The highest BCUT2D eigenvalue weighted by Crippen LogP contribution is 2.17. The molecule has 0 aliphatic rings. The average molecular weight is 179 g/mol.